The van der Waals surface area contributed by atoms with Gasteiger partial charge in [-0.25, -0.2) is 9.97 Å². The number of rotatable bonds is 2. The van der Waals surface area contributed by atoms with Crippen molar-refractivity contribution in [2.75, 3.05) is 11.4 Å². The normalized spacial score (nSPS) is 19.5. The first-order valence-corrected chi connectivity index (χ1v) is 5.35. The molecule has 1 aromatic heterocycles. The molecular formula is C12H13N3O2. The van der Waals surface area contributed by atoms with Crippen molar-refractivity contribution >= 4 is 11.7 Å². The Hall–Kier alpha value is -1.93. The van der Waals surface area contributed by atoms with E-state index in [1.165, 1.54) is 11.1 Å². The molecule has 1 fully saturated rings. The number of aliphatic hydroxyl groups excluding tert-OH is 1. The zero-order valence-corrected chi connectivity index (χ0v) is 9.55. The van der Waals surface area contributed by atoms with Crippen molar-refractivity contribution in [1.82, 2.24) is 9.97 Å². The molecule has 1 saturated heterocycles. The van der Waals surface area contributed by atoms with E-state index >= 15 is 0 Å². The molecule has 1 N–H and O–H groups in total. The first kappa shape index (κ1) is 11.6. The fourth-order valence-corrected chi connectivity index (χ4v) is 1.85. The molecule has 0 aliphatic carbocycles. The average molecular weight is 231 g/mol. The van der Waals surface area contributed by atoms with Crippen LogP contribution < -0.4 is 4.90 Å². The van der Waals surface area contributed by atoms with Gasteiger partial charge in [-0.1, -0.05) is 0 Å². The number of anilines is 1. The van der Waals surface area contributed by atoms with E-state index in [-0.39, 0.29) is 18.4 Å². The van der Waals surface area contributed by atoms with Crippen molar-refractivity contribution in [2.24, 2.45) is 5.92 Å². The Balaban J connectivity index is 2.37. The predicted octanol–water partition coefficient (Wildman–Crippen LogP) is 0.263. The van der Waals surface area contributed by atoms with Crippen LogP contribution in [-0.4, -0.2) is 27.5 Å². The van der Waals surface area contributed by atoms with Gasteiger partial charge in [-0.05, 0) is 6.92 Å². The molecule has 1 aromatic rings. The SMILES string of the molecule is C#CC1CC(=O)N(c2nc(C)ncc2CO)C1. The zero-order valence-electron chi connectivity index (χ0n) is 9.55. The molecule has 1 aliphatic heterocycles. The highest BCUT2D eigenvalue weighted by Crippen LogP contribution is 2.25. The van der Waals surface area contributed by atoms with E-state index in [4.69, 9.17) is 6.42 Å². The fraction of sp³-hybridized carbons (Fsp3) is 0.417. The van der Waals surface area contributed by atoms with Gasteiger partial charge in [0.2, 0.25) is 5.91 Å². The molecule has 1 amide bonds. The van der Waals surface area contributed by atoms with Crippen LogP contribution in [0.1, 0.15) is 17.8 Å². The highest BCUT2D eigenvalue weighted by Gasteiger charge is 2.31. The molecule has 88 valence electrons. The molecule has 2 rings (SSSR count). The van der Waals surface area contributed by atoms with E-state index in [1.54, 1.807) is 6.92 Å². The summed E-state index contributed by atoms with van der Waals surface area (Å²) in [5, 5.41) is 9.22. The maximum absolute atomic E-state index is 11.8. The number of aromatic nitrogens is 2. The lowest BCUT2D eigenvalue weighted by molar-refractivity contribution is -0.117. The van der Waals surface area contributed by atoms with Crippen molar-refractivity contribution in [3.63, 3.8) is 0 Å². The van der Waals surface area contributed by atoms with Gasteiger partial charge in [-0.2, -0.15) is 0 Å². The van der Waals surface area contributed by atoms with Crippen LogP contribution in [0.5, 0.6) is 0 Å². The molecule has 0 radical (unpaired) electrons. The van der Waals surface area contributed by atoms with Crippen molar-refractivity contribution < 1.29 is 9.90 Å². The third-order valence-corrected chi connectivity index (χ3v) is 2.75. The number of terminal acetylenes is 1. The zero-order chi connectivity index (χ0) is 12.4. The first-order chi connectivity index (χ1) is 8.15. The van der Waals surface area contributed by atoms with Gasteiger partial charge in [0.15, 0.2) is 0 Å². The summed E-state index contributed by atoms with van der Waals surface area (Å²) < 4.78 is 0. The molecular weight excluding hydrogens is 218 g/mol. The number of aliphatic hydroxyl groups is 1. The van der Waals surface area contributed by atoms with E-state index in [0.717, 1.165) is 0 Å². The second-order valence-corrected chi connectivity index (χ2v) is 4.00. The Labute approximate surface area is 99.5 Å². The largest absolute Gasteiger partial charge is 0.391 e. The smallest absolute Gasteiger partial charge is 0.229 e. The summed E-state index contributed by atoms with van der Waals surface area (Å²) in [5.74, 6) is 3.48. The molecule has 1 unspecified atom stereocenters. The van der Waals surface area contributed by atoms with Crippen LogP contribution in [0.2, 0.25) is 0 Å². The van der Waals surface area contributed by atoms with Crippen molar-refractivity contribution in [1.29, 1.82) is 0 Å². The molecule has 2 heterocycles. The third-order valence-electron chi connectivity index (χ3n) is 2.75. The quantitative estimate of drug-likeness (QED) is 0.742. The second kappa shape index (κ2) is 4.52. The van der Waals surface area contributed by atoms with Gasteiger partial charge in [0.1, 0.15) is 11.6 Å². The van der Waals surface area contributed by atoms with Gasteiger partial charge in [-0.3, -0.25) is 9.69 Å². The van der Waals surface area contributed by atoms with E-state index in [1.807, 2.05) is 0 Å². The second-order valence-electron chi connectivity index (χ2n) is 4.00. The molecule has 0 spiro atoms. The van der Waals surface area contributed by atoms with Gasteiger partial charge >= 0.3 is 0 Å². The van der Waals surface area contributed by atoms with Crippen LogP contribution >= 0.6 is 0 Å². The summed E-state index contributed by atoms with van der Waals surface area (Å²) in [6.07, 6.45) is 7.20. The van der Waals surface area contributed by atoms with Crippen LogP contribution in [0.15, 0.2) is 6.20 Å². The standard InChI is InChI=1S/C12H13N3O2/c1-3-9-4-11(17)15(6-9)12-10(7-16)5-13-8(2)14-12/h1,5,9,16H,4,6-7H2,2H3. The van der Waals surface area contributed by atoms with Gasteiger partial charge in [0, 0.05) is 30.6 Å². The average Bonchev–Trinajstić information content (AvgIpc) is 2.70. The predicted molar refractivity (Wildman–Crippen MR) is 62.0 cm³/mol. The number of carbonyl (C=O) groups is 1. The minimum Gasteiger partial charge on any atom is -0.391 e. The first-order valence-electron chi connectivity index (χ1n) is 5.35. The van der Waals surface area contributed by atoms with Crippen LogP contribution in [0.4, 0.5) is 5.82 Å². The Bertz CT molecular complexity index is 493. The molecule has 1 aliphatic rings. The van der Waals surface area contributed by atoms with E-state index < -0.39 is 0 Å². The van der Waals surface area contributed by atoms with E-state index in [0.29, 0.717) is 30.2 Å². The molecule has 0 aromatic carbocycles. The third kappa shape index (κ3) is 2.12. The fourth-order valence-electron chi connectivity index (χ4n) is 1.85. The van der Waals surface area contributed by atoms with Crippen LogP contribution in [-0.2, 0) is 11.4 Å². The lowest BCUT2D eigenvalue weighted by Crippen LogP contribution is -2.27. The number of carbonyl (C=O) groups excluding carboxylic acids is 1. The van der Waals surface area contributed by atoms with Crippen molar-refractivity contribution in [3.05, 3.63) is 17.6 Å². The van der Waals surface area contributed by atoms with E-state index in [9.17, 15) is 9.90 Å². The number of nitrogens with zero attached hydrogens (tertiary/aromatic N) is 3. The van der Waals surface area contributed by atoms with Crippen molar-refractivity contribution in [3.8, 4) is 12.3 Å². The van der Waals surface area contributed by atoms with Crippen LogP contribution in [0, 0.1) is 25.2 Å². The Morgan fingerprint density at radius 1 is 1.71 bits per heavy atom. The summed E-state index contributed by atoms with van der Waals surface area (Å²) in [7, 11) is 0. The summed E-state index contributed by atoms with van der Waals surface area (Å²) in [4.78, 5) is 21.6. The highest BCUT2D eigenvalue weighted by molar-refractivity contribution is 5.95. The molecule has 0 saturated carbocycles. The number of hydrogen-bond acceptors (Lipinski definition) is 4. The minimum absolute atomic E-state index is 0.0549. The topological polar surface area (TPSA) is 66.3 Å². The van der Waals surface area contributed by atoms with Gasteiger partial charge in [-0.15, -0.1) is 12.3 Å². The summed E-state index contributed by atoms with van der Waals surface area (Å²) in [5.41, 5.74) is 0.543. The molecule has 17 heavy (non-hydrogen) atoms. The van der Waals surface area contributed by atoms with Crippen molar-refractivity contribution in [2.45, 2.75) is 20.0 Å². The van der Waals surface area contributed by atoms with Crippen LogP contribution in [0.25, 0.3) is 0 Å². The summed E-state index contributed by atoms with van der Waals surface area (Å²) in [6, 6.07) is 0. The number of aryl methyl sites for hydroxylation is 1. The Morgan fingerprint density at radius 3 is 3.06 bits per heavy atom. The molecule has 1 atom stereocenters. The molecule has 5 nitrogen and oxygen atoms in total. The van der Waals surface area contributed by atoms with Gasteiger partial charge < -0.3 is 5.11 Å². The lowest BCUT2D eigenvalue weighted by atomic mass is 10.1. The maximum atomic E-state index is 11.8. The Kier molecular flexibility index (Phi) is 3.07. The number of amides is 1. The van der Waals surface area contributed by atoms with Gasteiger partial charge in [0.05, 0.1) is 6.61 Å². The summed E-state index contributed by atoms with van der Waals surface area (Å²) >= 11 is 0. The molecule has 5 heteroatoms. The maximum Gasteiger partial charge on any atom is 0.229 e. The van der Waals surface area contributed by atoms with Gasteiger partial charge in [0.25, 0.3) is 0 Å². The highest BCUT2D eigenvalue weighted by atomic mass is 16.3. The minimum atomic E-state index is -0.194. The number of hydrogen-bond donors (Lipinski definition) is 1. The monoisotopic (exact) mass is 231 g/mol. The molecule has 0 bridgehead atoms. The Morgan fingerprint density at radius 2 is 2.47 bits per heavy atom. The lowest BCUT2D eigenvalue weighted by Gasteiger charge is -2.17. The van der Waals surface area contributed by atoms with E-state index in [2.05, 4.69) is 15.9 Å². The van der Waals surface area contributed by atoms with Crippen LogP contribution in [0.3, 0.4) is 0 Å². The summed E-state index contributed by atoms with van der Waals surface area (Å²) in [6.45, 7) is 2.00.